The second-order valence-electron chi connectivity index (χ2n) is 5.45. The van der Waals surface area contributed by atoms with E-state index in [4.69, 9.17) is 16.3 Å². The predicted octanol–water partition coefficient (Wildman–Crippen LogP) is 4.11. The van der Waals surface area contributed by atoms with E-state index in [0.717, 1.165) is 17.7 Å². The van der Waals surface area contributed by atoms with E-state index in [1.54, 1.807) is 4.90 Å². The van der Waals surface area contributed by atoms with Gasteiger partial charge in [0.05, 0.1) is 11.1 Å². The molecular weight excluding hydrogens is 250 g/mol. The van der Waals surface area contributed by atoms with E-state index >= 15 is 0 Å². The Hall–Kier alpha value is -1.22. The van der Waals surface area contributed by atoms with Crippen LogP contribution in [0.1, 0.15) is 38.1 Å². The first kappa shape index (κ1) is 13.2. The summed E-state index contributed by atoms with van der Waals surface area (Å²) in [5, 5.41) is -0.0279. The lowest BCUT2D eigenvalue weighted by Gasteiger charge is -2.33. The Labute approximate surface area is 113 Å². The number of ether oxygens (including phenoxy) is 1. The van der Waals surface area contributed by atoms with Crippen LogP contribution in [0.3, 0.4) is 0 Å². The summed E-state index contributed by atoms with van der Waals surface area (Å²) in [7, 11) is 0. The van der Waals surface area contributed by atoms with Gasteiger partial charge in [0.2, 0.25) is 0 Å². The number of fused-ring (bicyclic) bond motifs is 1. The van der Waals surface area contributed by atoms with Crippen LogP contribution in [0.4, 0.5) is 10.5 Å². The van der Waals surface area contributed by atoms with Crippen LogP contribution in [0.2, 0.25) is 0 Å². The second-order valence-corrected chi connectivity index (χ2v) is 5.97. The minimum atomic E-state index is -0.482. The highest BCUT2D eigenvalue weighted by molar-refractivity contribution is 6.21. The number of benzene rings is 1. The molecule has 2 rings (SSSR count). The molecule has 4 heteroatoms. The number of hydrogen-bond donors (Lipinski definition) is 0. The summed E-state index contributed by atoms with van der Waals surface area (Å²) < 4.78 is 5.41. The van der Waals surface area contributed by atoms with Gasteiger partial charge in [-0.3, -0.25) is 4.90 Å². The van der Waals surface area contributed by atoms with Crippen molar-refractivity contribution in [2.75, 3.05) is 11.4 Å². The standard InChI is InChI=1S/C14H18ClNO2/c1-14(2,3)18-13(17)16-9-8-11(15)10-6-4-5-7-12(10)16/h4-7,11H,8-9H2,1-3H3. The zero-order chi connectivity index (χ0) is 13.3. The smallest absolute Gasteiger partial charge is 0.414 e. The molecule has 98 valence electrons. The van der Waals surface area contributed by atoms with Crippen molar-refractivity contribution in [3.8, 4) is 0 Å². The van der Waals surface area contributed by atoms with Gasteiger partial charge in [0.15, 0.2) is 0 Å². The maximum absolute atomic E-state index is 12.1. The van der Waals surface area contributed by atoms with Crippen molar-refractivity contribution in [3.63, 3.8) is 0 Å². The number of halogens is 1. The first-order valence-corrected chi connectivity index (χ1v) is 6.55. The predicted molar refractivity (Wildman–Crippen MR) is 73.2 cm³/mol. The summed E-state index contributed by atoms with van der Waals surface area (Å²) in [6.45, 7) is 6.20. The van der Waals surface area contributed by atoms with E-state index in [0.29, 0.717) is 6.54 Å². The molecule has 3 nitrogen and oxygen atoms in total. The van der Waals surface area contributed by atoms with Crippen molar-refractivity contribution in [2.24, 2.45) is 0 Å². The highest BCUT2D eigenvalue weighted by Crippen LogP contribution is 2.37. The molecule has 18 heavy (non-hydrogen) atoms. The van der Waals surface area contributed by atoms with Crippen LogP contribution in [-0.2, 0) is 4.74 Å². The van der Waals surface area contributed by atoms with E-state index in [1.807, 2.05) is 45.0 Å². The van der Waals surface area contributed by atoms with Crippen molar-refractivity contribution < 1.29 is 9.53 Å². The van der Waals surface area contributed by atoms with Gasteiger partial charge in [0.25, 0.3) is 0 Å². The van der Waals surface area contributed by atoms with Crippen LogP contribution in [0.25, 0.3) is 0 Å². The highest BCUT2D eigenvalue weighted by atomic mass is 35.5. The lowest BCUT2D eigenvalue weighted by atomic mass is 10.0. The third-order valence-electron chi connectivity index (χ3n) is 2.79. The van der Waals surface area contributed by atoms with Gasteiger partial charge in [-0.1, -0.05) is 18.2 Å². The molecule has 1 aromatic carbocycles. The van der Waals surface area contributed by atoms with Crippen molar-refractivity contribution in [1.29, 1.82) is 0 Å². The minimum Gasteiger partial charge on any atom is -0.443 e. The van der Waals surface area contributed by atoms with Crippen LogP contribution >= 0.6 is 11.6 Å². The lowest BCUT2D eigenvalue weighted by Crippen LogP contribution is -2.40. The zero-order valence-corrected chi connectivity index (χ0v) is 11.7. The molecule has 1 unspecified atom stereocenters. The number of nitrogens with zero attached hydrogens (tertiary/aromatic N) is 1. The first-order valence-electron chi connectivity index (χ1n) is 6.12. The molecule has 0 aliphatic carbocycles. The Morgan fingerprint density at radius 2 is 2.06 bits per heavy atom. The van der Waals surface area contributed by atoms with Gasteiger partial charge in [0, 0.05) is 6.54 Å². The fraction of sp³-hybridized carbons (Fsp3) is 0.500. The third kappa shape index (κ3) is 2.78. The molecule has 0 spiro atoms. The molecule has 1 aromatic rings. The molecule has 0 N–H and O–H groups in total. The molecule has 1 amide bonds. The van der Waals surface area contributed by atoms with Gasteiger partial charge < -0.3 is 4.74 Å². The van der Waals surface area contributed by atoms with Crippen LogP contribution in [0.15, 0.2) is 24.3 Å². The molecule has 0 bridgehead atoms. The molecular formula is C14H18ClNO2. The number of anilines is 1. The summed E-state index contributed by atoms with van der Waals surface area (Å²) in [4.78, 5) is 13.8. The molecule has 1 atom stereocenters. The summed E-state index contributed by atoms with van der Waals surface area (Å²) in [6, 6.07) is 7.72. The molecule has 0 radical (unpaired) electrons. The van der Waals surface area contributed by atoms with Crippen molar-refractivity contribution in [2.45, 2.75) is 38.2 Å². The van der Waals surface area contributed by atoms with Crippen molar-refractivity contribution in [1.82, 2.24) is 0 Å². The maximum atomic E-state index is 12.1. The highest BCUT2D eigenvalue weighted by Gasteiger charge is 2.30. The molecule has 1 heterocycles. The Bertz CT molecular complexity index is 453. The SMILES string of the molecule is CC(C)(C)OC(=O)N1CCC(Cl)c2ccccc21. The molecule has 0 saturated heterocycles. The van der Waals surface area contributed by atoms with Crippen LogP contribution in [0.5, 0.6) is 0 Å². The van der Waals surface area contributed by atoms with Gasteiger partial charge in [-0.2, -0.15) is 0 Å². The van der Waals surface area contributed by atoms with Gasteiger partial charge in [0.1, 0.15) is 5.60 Å². The van der Waals surface area contributed by atoms with Gasteiger partial charge in [-0.15, -0.1) is 11.6 Å². The number of rotatable bonds is 0. The van der Waals surface area contributed by atoms with Gasteiger partial charge >= 0.3 is 6.09 Å². The number of amides is 1. The van der Waals surface area contributed by atoms with Crippen LogP contribution in [0, 0.1) is 0 Å². The average Bonchev–Trinajstić information content (AvgIpc) is 2.27. The van der Waals surface area contributed by atoms with Crippen molar-refractivity contribution >= 4 is 23.4 Å². The molecule has 0 fully saturated rings. The Morgan fingerprint density at radius 1 is 1.39 bits per heavy atom. The van der Waals surface area contributed by atoms with Crippen molar-refractivity contribution in [3.05, 3.63) is 29.8 Å². The quantitative estimate of drug-likeness (QED) is 0.662. The Morgan fingerprint density at radius 3 is 2.72 bits per heavy atom. The van der Waals surface area contributed by atoms with E-state index < -0.39 is 5.60 Å². The number of hydrogen-bond acceptors (Lipinski definition) is 2. The largest absolute Gasteiger partial charge is 0.443 e. The Balaban J connectivity index is 2.26. The van der Waals surface area contributed by atoms with E-state index in [2.05, 4.69) is 0 Å². The van der Waals surface area contributed by atoms with E-state index in [-0.39, 0.29) is 11.5 Å². The number of alkyl halides is 1. The fourth-order valence-corrected chi connectivity index (χ4v) is 2.31. The average molecular weight is 268 g/mol. The zero-order valence-electron chi connectivity index (χ0n) is 10.9. The minimum absolute atomic E-state index is 0.0279. The lowest BCUT2D eigenvalue weighted by molar-refractivity contribution is 0.0577. The Kier molecular flexibility index (Phi) is 3.53. The van der Waals surface area contributed by atoms with E-state index in [9.17, 15) is 4.79 Å². The summed E-state index contributed by atoms with van der Waals surface area (Å²) in [6.07, 6.45) is 0.441. The van der Waals surface area contributed by atoms with Gasteiger partial charge in [-0.05, 0) is 38.8 Å². The molecule has 0 saturated carbocycles. The number of para-hydroxylation sites is 1. The van der Waals surface area contributed by atoms with Gasteiger partial charge in [-0.25, -0.2) is 4.79 Å². The topological polar surface area (TPSA) is 29.5 Å². The first-order chi connectivity index (χ1) is 8.38. The second kappa shape index (κ2) is 4.81. The summed E-state index contributed by atoms with van der Waals surface area (Å²) in [5.41, 5.74) is 1.37. The number of carbonyl (C=O) groups is 1. The molecule has 1 aliphatic heterocycles. The molecule has 0 aromatic heterocycles. The van der Waals surface area contributed by atoms with Crippen LogP contribution < -0.4 is 4.90 Å². The monoisotopic (exact) mass is 267 g/mol. The number of carbonyl (C=O) groups excluding carboxylic acids is 1. The van der Waals surface area contributed by atoms with Crippen LogP contribution in [-0.4, -0.2) is 18.2 Å². The molecule has 1 aliphatic rings. The normalized spacial score (nSPS) is 19.3. The maximum Gasteiger partial charge on any atom is 0.414 e. The summed E-state index contributed by atoms with van der Waals surface area (Å²) in [5.74, 6) is 0. The fourth-order valence-electron chi connectivity index (χ4n) is 2.02. The summed E-state index contributed by atoms with van der Waals surface area (Å²) >= 11 is 6.27. The third-order valence-corrected chi connectivity index (χ3v) is 3.24. The van der Waals surface area contributed by atoms with E-state index in [1.165, 1.54) is 0 Å².